The van der Waals surface area contributed by atoms with Gasteiger partial charge in [0.25, 0.3) is 0 Å². The van der Waals surface area contributed by atoms with Crippen molar-refractivity contribution in [3.63, 3.8) is 0 Å². The Bertz CT molecular complexity index is 610. The molecule has 1 N–H and O–H groups in total. The summed E-state index contributed by atoms with van der Waals surface area (Å²) in [4.78, 5) is 0. The highest BCUT2D eigenvalue weighted by Crippen LogP contribution is 2.29. The van der Waals surface area contributed by atoms with E-state index < -0.39 is 0 Å². The van der Waals surface area contributed by atoms with Gasteiger partial charge < -0.3 is 5.11 Å². The van der Waals surface area contributed by atoms with Gasteiger partial charge in [-0.05, 0) is 44.8 Å². The first kappa shape index (κ1) is 11.0. The second-order valence-electron chi connectivity index (χ2n) is 4.03. The molecular formula is C14H12OS2. The van der Waals surface area contributed by atoms with Crippen LogP contribution >= 0.6 is 22.7 Å². The fourth-order valence-electron chi connectivity index (χ4n) is 1.98. The van der Waals surface area contributed by atoms with Crippen LogP contribution in [-0.2, 0) is 6.42 Å². The molecule has 0 saturated heterocycles. The zero-order chi connectivity index (χ0) is 11.7. The summed E-state index contributed by atoms with van der Waals surface area (Å²) in [6, 6.07) is 10.3. The van der Waals surface area contributed by atoms with Gasteiger partial charge in [-0.25, -0.2) is 0 Å². The fourth-order valence-corrected chi connectivity index (χ4v) is 3.66. The van der Waals surface area contributed by atoms with Crippen LogP contribution in [0.2, 0.25) is 0 Å². The van der Waals surface area contributed by atoms with Crippen molar-refractivity contribution in [3.05, 3.63) is 57.6 Å². The maximum Gasteiger partial charge on any atom is 0.0838 e. The summed E-state index contributed by atoms with van der Waals surface area (Å²) in [5, 5.41) is 17.6. The van der Waals surface area contributed by atoms with Crippen LogP contribution in [0.1, 0.15) is 17.2 Å². The standard InChI is InChI=1S/C14H12OS2/c15-13(10-5-6-16-8-10)7-11-9-17-14-4-2-1-3-12(11)14/h1-6,8-9,13,15H,7H2. The Hall–Kier alpha value is -1.16. The van der Waals surface area contributed by atoms with E-state index in [1.165, 1.54) is 15.6 Å². The molecule has 0 spiro atoms. The zero-order valence-corrected chi connectivity index (χ0v) is 10.8. The molecule has 2 aromatic heterocycles. The number of aliphatic hydroxyl groups is 1. The molecule has 3 aromatic rings. The maximum atomic E-state index is 10.2. The molecule has 0 aliphatic carbocycles. The Morgan fingerprint density at radius 3 is 2.82 bits per heavy atom. The lowest BCUT2D eigenvalue weighted by molar-refractivity contribution is 0.179. The van der Waals surface area contributed by atoms with Crippen molar-refractivity contribution in [2.75, 3.05) is 0 Å². The van der Waals surface area contributed by atoms with E-state index in [2.05, 4.69) is 29.6 Å². The molecule has 1 atom stereocenters. The minimum absolute atomic E-state index is 0.390. The molecular weight excluding hydrogens is 248 g/mol. The van der Waals surface area contributed by atoms with Crippen LogP contribution in [-0.4, -0.2) is 5.11 Å². The van der Waals surface area contributed by atoms with E-state index in [1.807, 2.05) is 16.8 Å². The largest absolute Gasteiger partial charge is 0.388 e. The molecule has 0 fully saturated rings. The van der Waals surface area contributed by atoms with E-state index >= 15 is 0 Å². The summed E-state index contributed by atoms with van der Waals surface area (Å²) < 4.78 is 1.29. The Morgan fingerprint density at radius 1 is 1.12 bits per heavy atom. The van der Waals surface area contributed by atoms with E-state index in [1.54, 1.807) is 22.7 Å². The van der Waals surface area contributed by atoms with Gasteiger partial charge in [0.05, 0.1) is 6.10 Å². The third kappa shape index (κ3) is 2.14. The minimum Gasteiger partial charge on any atom is -0.388 e. The third-order valence-electron chi connectivity index (χ3n) is 2.90. The predicted octanol–water partition coefficient (Wildman–Crippen LogP) is 4.24. The summed E-state index contributed by atoms with van der Waals surface area (Å²) in [6.07, 6.45) is 0.306. The quantitative estimate of drug-likeness (QED) is 0.747. The molecule has 0 aliphatic heterocycles. The monoisotopic (exact) mass is 260 g/mol. The van der Waals surface area contributed by atoms with Crippen LogP contribution in [0.4, 0.5) is 0 Å². The SMILES string of the molecule is OC(Cc1csc2ccccc12)c1ccsc1. The molecule has 2 heterocycles. The molecule has 1 unspecified atom stereocenters. The van der Waals surface area contributed by atoms with E-state index in [0.717, 1.165) is 5.56 Å². The fraction of sp³-hybridized carbons (Fsp3) is 0.143. The van der Waals surface area contributed by atoms with Crippen molar-refractivity contribution >= 4 is 32.8 Å². The van der Waals surface area contributed by atoms with Crippen molar-refractivity contribution in [2.45, 2.75) is 12.5 Å². The van der Waals surface area contributed by atoms with E-state index in [4.69, 9.17) is 0 Å². The van der Waals surface area contributed by atoms with Crippen LogP contribution < -0.4 is 0 Å². The second kappa shape index (κ2) is 4.61. The number of rotatable bonds is 3. The summed E-state index contributed by atoms with van der Waals surface area (Å²) >= 11 is 3.37. The van der Waals surface area contributed by atoms with Gasteiger partial charge in [0, 0.05) is 11.1 Å². The number of fused-ring (bicyclic) bond motifs is 1. The molecule has 3 rings (SSSR count). The molecule has 1 aromatic carbocycles. The molecule has 0 radical (unpaired) electrons. The lowest BCUT2D eigenvalue weighted by Crippen LogP contribution is -1.99. The molecule has 0 amide bonds. The Balaban J connectivity index is 1.90. The van der Waals surface area contributed by atoms with Gasteiger partial charge in [0.1, 0.15) is 0 Å². The lowest BCUT2D eigenvalue weighted by atomic mass is 10.0. The average molecular weight is 260 g/mol. The molecule has 1 nitrogen and oxygen atoms in total. The van der Waals surface area contributed by atoms with Gasteiger partial charge in [-0.15, -0.1) is 11.3 Å². The van der Waals surface area contributed by atoms with E-state index in [-0.39, 0.29) is 6.10 Å². The summed E-state index contributed by atoms with van der Waals surface area (Å²) in [5.41, 5.74) is 2.26. The van der Waals surface area contributed by atoms with Gasteiger partial charge in [0.15, 0.2) is 0 Å². The van der Waals surface area contributed by atoms with Crippen molar-refractivity contribution in [1.82, 2.24) is 0 Å². The van der Waals surface area contributed by atoms with Crippen molar-refractivity contribution in [3.8, 4) is 0 Å². The molecule has 0 aliphatic rings. The summed E-state index contributed by atoms with van der Waals surface area (Å²) in [7, 11) is 0. The lowest BCUT2D eigenvalue weighted by Gasteiger charge is -2.07. The van der Waals surface area contributed by atoms with Crippen LogP contribution in [0.3, 0.4) is 0 Å². The van der Waals surface area contributed by atoms with Gasteiger partial charge in [0.2, 0.25) is 0 Å². The van der Waals surface area contributed by atoms with Gasteiger partial charge in [-0.3, -0.25) is 0 Å². The van der Waals surface area contributed by atoms with Crippen molar-refractivity contribution < 1.29 is 5.11 Å². The van der Waals surface area contributed by atoms with Gasteiger partial charge in [-0.1, -0.05) is 18.2 Å². The van der Waals surface area contributed by atoms with Crippen molar-refractivity contribution in [2.24, 2.45) is 0 Å². The number of benzene rings is 1. The second-order valence-corrected chi connectivity index (χ2v) is 5.72. The number of hydrogen-bond acceptors (Lipinski definition) is 3. The summed E-state index contributed by atoms with van der Waals surface area (Å²) in [6.45, 7) is 0. The highest BCUT2D eigenvalue weighted by molar-refractivity contribution is 7.17. The smallest absolute Gasteiger partial charge is 0.0838 e. The first-order valence-corrected chi connectivity index (χ1v) is 7.32. The molecule has 17 heavy (non-hydrogen) atoms. The highest BCUT2D eigenvalue weighted by Gasteiger charge is 2.11. The van der Waals surface area contributed by atoms with Crippen LogP contribution in [0.5, 0.6) is 0 Å². The Labute approximate surface area is 108 Å². The van der Waals surface area contributed by atoms with Crippen LogP contribution in [0.25, 0.3) is 10.1 Å². The molecule has 0 bridgehead atoms. The number of aliphatic hydroxyl groups excluding tert-OH is 1. The van der Waals surface area contributed by atoms with E-state index in [0.29, 0.717) is 6.42 Å². The third-order valence-corrected chi connectivity index (χ3v) is 4.62. The highest BCUT2D eigenvalue weighted by atomic mass is 32.1. The zero-order valence-electron chi connectivity index (χ0n) is 9.17. The normalized spacial score (nSPS) is 13.0. The molecule has 3 heteroatoms. The number of hydrogen-bond donors (Lipinski definition) is 1. The topological polar surface area (TPSA) is 20.2 Å². The Morgan fingerprint density at radius 2 is 2.00 bits per heavy atom. The van der Waals surface area contributed by atoms with E-state index in [9.17, 15) is 5.11 Å². The summed E-state index contributed by atoms with van der Waals surface area (Å²) in [5.74, 6) is 0. The van der Waals surface area contributed by atoms with Crippen LogP contribution in [0, 0.1) is 0 Å². The first-order chi connectivity index (χ1) is 8.34. The first-order valence-electron chi connectivity index (χ1n) is 5.50. The predicted molar refractivity (Wildman–Crippen MR) is 74.8 cm³/mol. The maximum absolute atomic E-state index is 10.2. The average Bonchev–Trinajstić information content (AvgIpc) is 2.98. The molecule has 0 saturated carbocycles. The van der Waals surface area contributed by atoms with Crippen molar-refractivity contribution in [1.29, 1.82) is 0 Å². The Kier molecular flexibility index (Phi) is 2.97. The van der Waals surface area contributed by atoms with Crippen LogP contribution in [0.15, 0.2) is 46.5 Å². The van der Waals surface area contributed by atoms with Gasteiger partial charge >= 0.3 is 0 Å². The molecule has 86 valence electrons. The van der Waals surface area contributed by atoms with Gasteiger partial charge in [-0.2, -0.15) is 11.3 Å². The number of thiophene rings is 2. The minimum atomic E-state index is -0.390.